The molecule has 0 spiro atoms. The lowest BCUT2D eigenvalue weighted by Crippen LogP contribution is -2.16. The normalized spacial score (nSPS) is 19.9. The first-order valence-electron chi connectivity index (χ1n) is 6.02. The van der Waals surface area contributed by atoms with Crippen LogP contribution in [0.1, 0.15) is 19.4 Å². The van der Waals surface area contributed by atoms with E-state index in [1.165, 1.54) is 0 Å². The average molecular weight is 232 g/mol. The van der Waals surface area contributed by atoms with Crippen LogP contribution in [0.15, 0.2) is 18.6 Å². The van der Waals surface area contributed by atoms with Crippen molar-refractivity contribution >= 4 is 0 Å². The van der Waals surface area contributed by atoms with Gasteiger partial charge < -0.3 is 9.88 Å². The summed E-state index contributed by atoms with van der Waals surface area (Å²) in [7, 11) is 0. The van der Waals surface area contributed by atoms with Gasteiger partial charge in [-0.3, -0.25) is 0 Å². The monoisotopic (exact) mass is 232 g/mol. The number of aromatic nitrogens is 5. The van der Waals surface area contributed by atoms with Crippen molar-refractivity contribution in [2.75, 3.05) is 13.1 Å². The second-order valence-electron chi connectivity index (χ2n) is 4.25. The van der Waals surface area contributed by atoms with Gasteiger partial charge in [0.1, 0.15) is 5.69 Å². The van der Waals surface area contributed by atoms with Crippen molar-refractivity contribution in [2.24, 2.45) is 0 Å². The molecule has 0 aliphatic carbocycles. The van der Waals surface area contributed by atoms with E-state index in [0.717, 1.165) is 37.6 Å². The molecule has 0 aromatic carbocycles. The molecule has 0 saturated carbocycles. The minimum Gasteiger partial charge on any atom is -0.330 e. The van der Waals surface area contributed by atoms with Gasteiger partial charge in [-0.2, -0.15) is 0 Å². The highest BCUT2D eigenvalue weighted by molar-refractivity contribution is 5.48. The second kappa shape index (κ2) is 4.29. The average Bonchev–Trinajstić information content (AvgIpc) is 3.09. The summed E-state index contributed by atoms with van der Waals surface area (Å²) in [5, 5.41) is 11.6. The van der Waals surface area contributed by atoms with E-state index < -0.39 is 0 Å². The van der Waals surface area contributed by atoms with Crippen molar-refractivity contribution in [2.45, 2.75) is 25.9 Å². The number of aryl methyl sites for hydroxylation is 1. The van der Waals surface area contributed by atoms with E-state index in [9.17, 15) is 0 Å². The van der Waals surface area contributed by atoms with Crippen LogP contribution >= 0.6 is 0 Å². The van der Waals surface area contributed by atoms with Gasteiger partial charge in [0, 0.05) is 25.5 Å². The fourth-order valence-electron chi connectivity index (χ4n) is 2.32. The Morgan fingerprint density at radius 2 is 2.47 bits per heavy atom. The number of hydrogen-bond donors (Lipinski definition) is 1. The molecule has 0 amide bonds. The van der Waals surface area contributed by atoms with Crippen molar-refractivity contribution in [3.63, 3.8) is 0 Å². The molecule has 90 valence electrons. The summed E-state index contributed by atoms with van der Waals surface area (Å²) in [6.45, 7) is 5.02. The van der Waals surface area contributed by atoms with Gasteiger partial charge in [-0.25, -0.2) is 9.67 Å². The van der Waals surface area contributed by atoms with Crippen LogP contribution in [-0.2, 0) is 6.54 Å². The lowest BCUT2D eigenvalue weighted by Gasteiger charge is -2.12. The summed E-state index contributed by atoms with van der Waals surface area (Å²) in [5.41, 5.74) is 1.01. The van der Waals surface area contributed by atoms with Crippen LogP contribution in [0.25, 0.3) is 11.5 Å². The van der Waals surface area contributed by atoms with E-state index in [-0.39, 0.29) is 0 Å². The first kappa shape index (κ1) is 10.5. The van der Waals surface area contributed by atoms with E-state index in [1.807, 2.05) is 17.1 Å². The largest absolute Gasteiger partial charge is 0.330 e. The Bertz CT molecular complexity index is 494. The third-order valence-electron chi connectivity index (χ3n) is 3.24. The molecule has 3 rings (SSSR count). The first-order chi connectivity index (χ1) is 8.40. The van der Waals surface area contributed by atoms with Gasteiger partial charge in [-0.15, -0.1) is 5.10 Å². The summed E-state index contributed by atoms with van der Waals surface area (Å²) < 4.78 is 4.10. The Hall–Kier alpha value is -1.69. The van der Waals surface area contributed by atoms with Gasteiger partial charge in [0.25, 0.3) is 0 Å². The molecule has 6 heteroatoms. The summed E-state index contributed by atoms with van der Waals surface area (Å²) in [6, 6.07) is 0.398. The molecule has 1 aliphatic rings. The number of imidazole rings is 1. The topological polar surface area (TPSA) is 60.6 Å². The van der Waals surface area contributed by atoms with Crippen LogP contribution in [0.3, 0.4) is 0 Å². The number of nitrogens with zero attached hydrogens (tertiary/aromatic N) is 5. The maximum atomic E-state index is 4.40. The minimum atomic E-state index is 0.398. The molecule has 2 aromatic rings. The zero-order valence-electron chi connectivity index (χ0n) is 9.87. The van der Waals surface area contributed by atoms with Gasteiger partial charge in [-0.1, -0.05) is 5.21 Å². The van der Waals surface area contributed by atoms with Crippen LogP contribution in [-0.4, -0.2) is 37.6 Å². The van der Waals surface area contributed by atoms with E-state index in [2.05, 4.69) is 32.1 Å². The zero-order chi connectivity index (χ0) is 11.7. The van der Waals surface area contributed by atoms with Crippen LogP contribution in [0.4, 0.5) is 0 Å². The molecule has 0 bridgehead atoms. The molecule has 1 unspecified atom stereocenters. The van der Waals surface area contributed by atoms with Crippen LogP contribution in [0.2, 0.25) is 0 Å². The highest BCUT2D eigenvalue weighted by Crippen LogP contribution is 2.22. The van der Waals surface area contributed by atoms with Crippen molar-refractivity contribution in [3.8, 4) is 11.5 Å². The molecule has 1 aliphatic heterocycles. The molecule has 1 N–H and O–H groups in total. The molecule has 2 aromatic heterocycles. The smallest absolute Gasteiger partial charge is 0.159 e. The predicted octanol–water partition coefficient (Wildman–Crippen LogP) is 0.696. The van der Waals surface area contributed by atoms with Gasteiger partial charge in [-0.05, 0) is 19.9 Å². The van der Waals surface area contributed by atoms with E-state index in [0.29, 0.717) is 6.04 Å². The van der Waals surface area contributed by atoms with E-state index in [1.54, 1.807) is 6.20 Å². The molecular formula is C11H16N6. The Balaban J connectivity index is 2.00. The number of nitrogens with one attached hydrogen (secondary N) is 1. The van der Waals surface area contributed by atoms with Crippen LogP contribution in [0.5, 0.6) is 0 Å². The van der Waals surface area contributed by atoms with E-state index in [4.69, 9.17) is 0 Å². The summed E-state index contributed by atoms with van der Waals surface area (Å²) in [5.74, 6) is 0.949. The highest BCUT2D eigenvalue weighted by atomic mass is 15.4. The van der Waals surface area contributed by atoms with Crippen molar-refractivity contribution < 1.29 is 0 Å². The van der Waals surface area contributed by atoms with Crippen LogP contribution in [0, 0.1) is 0 Å². The quantitative estimate of drug-likeness (QED) is 0.846. The Morgan fingerprint density at radius 1 is 1.53 bits per heavy atom. The van der Waals surface area contributed by atoms with Gasteiger partial charge in [0.2, 0.25) is 0 Å². The molecule has 1 saturated heterocycles. The first-order valence-corrected chi connectivity index (χ1v) is 6.02. The van der Waals surface area contributed by atoms with Crippen molar-refractivity contribution in [1.82, 2.24) is 29.9 Å². The minimum absolute atomic E-state index is 0.398. The Morgan fingerprint density at radius 3 is 3.24 bits per heavy atom. The van der Waals surface area contributed by atoms with E-state index >= 15 is 0 Å². The summed E-state index contributed by atoms with van der Waals surface area (Å²) in [6.07, 6.45) is 6.71. The maximum absolute atomic E-state index is 4.40. The Labute approximate surface area is 99.7 Å². The third kappa shape index (κ3) is 1.74. The SMILES string of the molecule is CCn1ccnc1-c1cnnn1C1CCNC1. The molecule has 6 nitrogen and oxygen atoms in total. The molecule has 1 fully saturated rings. The maximum Gasteiger partial charge on any atom is 0.159 e. The molecule has 3 heterocycles. The second-order valence-corrected chi connectivity index (χ2v) is 4.25. The lowest BCUT2D eigenvalue weighted by molar-refractivity contribution is 0.478. The molecule has 0 radical (unpaired) electrons. The molecular weight excluding hydrogens is 216 g/mol. The standard InChI is InChI=1S/C11H16N6/c1-2-16-6-5-13-11(16)10-8-14-15-17(10)9-3-4-12-7-9/h5-6,8-9,12H,2-4,7H2,1H3. The zero-order valence-corrected chi connectivity index (χ0v) is 9.87. The van der Waals surface area contributed by atoms with Gasteiger partial charge >= 0.3 is 0 Å². The highest BCUT2D eigenvalue weighted by Gasteiger charge is 2.22. The fourth-order valence-corrected chi connectivity index (χ4v) is 2.32. The molecule has 17 heavy (non-hydrogen) atoms. The summed E-state index contributed by atoms with van der Waals surface area (Å²) >= 11 is 0. The third-order valence-corrected chi connectivity index (χ3v) is 3.24. The van der Waals surface area contributed by atoms with Crippen molar-refractivity contribution in [3.05, 3.63) is 18.6 Å². The van der Waals surface area contributed by atoms with Crippen molar-refractivity contribution in [1.29, 1.82) is 0 Å². The fraction of sp³-hybridized carbons (Fsp3) is 0.545. The molecule has 1 atom stereocenters. The van der Waals surface area contributed by atoms with Gasteiger partial charge in [0.05, 0.1) is 12.2 Å². The number of hydrogen-bond acceptors (Lipinski definition) is 4. The predicted molar refractivity (Wildman–Crippen MR) is 63.4 cm³/mol. The lowest BCUT2D eigenvalue weighted by atomic mass is 10.2. The number of rotatable bonds is 3. The van der Waals surface area contributed by atoms with Crippen LogP contribution < -0.4 is 5.32 Å². The summed E-state index contributed by atoms with van der Waals surface area (Å²) in [4.78, 5) is 4.40. The van der Waals surface area contributed by atoms with Gasteiger partial charge in [0.15, 0.2) is 5.82 Å². The Kier molecular flexibility index (Phi) is 2.64.